The van der Waals surface area contributed by atoms with Crippen molar-refractivity contribution in [3.63, 3.8) is 0 Å². The van der Waals surface area contributed by atoms with Crippen LogP contribution in [0.2, 0.25) is 0 Å². The molecule has 8 heteroatoms. The van der Waals surface area contributed by atoms with Crippen molar-refractivity contribution >= 4 is 17.5 Å². The van der Waals surface area contributed by atoms with Gasteiger partial charge in [0.05, 0.1) is 17.9 Å². The molecule has 0 saturated carbocycles. The topological polar surface area (TPSA) is 76.0 Å². The van der Waals surface area contributed by atoms with Gasteiger partial charge in [0.15, 0.2) is 0 Å². The zero-order chi connectivity index (χ0) is 20.8. The summed E-state index contributed by atoms with van der Waals surface area (Å²) >= 11 is 0. The fraction of sp³-hybridized carbons (Fsp3) is 0.190. The molecule has 0 radical (unpaired) electrons. The lowest BCUT2D eigenvalue weighted by atomic mass is 9.98. The number of aromatic nitrogens is 2. The first-order valence-electron chi connectivity index (χ1n) is 9.09. The van der Waals surface area contributed by atoms with Crippen molar-refractivity contribution in [3.05, 3.63) is 83.7 Å². The number of anilines is 1. The van der Waals surface area contributed by atoms with Crippen molar-refractivity contribution in [1.29, 1.82) is 0 Å². The summed E-state index contributed by atoms with van der Waals surface area (Å²) in [6, 6.07) is 10.9. The summed E-state index contributed by atoms with van der Waals surface area (Å²) in [4.78, 5) is 24.7. The van der Waals surface area contributed by atoms with Crippen LogP contribution in [0.3, 0.4) is 0 Å². The summed E-state index contributed by atoms with van der Waals surface area (Å²) in [5.74, 6) is -2.66. The maximum atomic E-state index is 13.7. The Labute approximate surface area is 166 Å². The molecule has 2 N–H and O–H groups in total. The van der Waals surface area contributed by atoms with Gasteiger partial charge in [0.2, 0.25) is 0 Å². The second-order valence-corrected chi connectivity index (χ2v) is 6.45. The molecular formula is C21H20F2N4O2. The Morgan fingerprint density at radius 1 is 1.07 bits per heavy atom. The average molecular weight is 398 g/mol. The van der Waals surface area contributed by atoms with Crippen molar-refractivity contribution in [3.8, 4) is 0 Å². The van der Waals surface area contributed by atoms with Gasteiger partial charge in [0, 0.05) is 12.7 Å². The molecule has 6 nitrogen and oxygen atoms in total. The number of halogens is 2. The SMILES string of the molecule is CCn1cc(NC(=O)C(=O)N[C@H](Cc2cccc(F)c2)c2cccc(F)c2)cn1. The molecule has 2 aromatic carbocycles. The molecular weight excluding hydrogens is 378 g/mol. The molecule has 0 fully saturated rings. The van der Waals surface area contributed by atoms with Gasteiger partial charge in [-0.15, -0.1) is 0 Å². The Bertz CT molecular complexity index is 1020. The highest BCUT2D eigenvalue weighted by Crippen LogP contribution is 2.20. The number of carbonyl (C=O) groups is 2. The quantitative estimate of drug-likeness (QED) is 0.626. The molecule has 0 aliphatic heterocycles. The third kappa shape index (κ3) is 5.47. The van der Waals surface area contributed by atoms with E-state index in [1.165, 1.54) is 36.5 Å². The summed E-state index contributed by atoms with van der Waals surface area (Å²) in [5, 5.41) is 9.09. The molecule has 150 valence electrons. The van der Waals surface area contributed by atoms with Gasteiger partial charge in [-0.05, 0) is 48.7 Å². The number of nitrogens with one attached hydrogen (secondary N) is 2. The zero-order valence-corrected chi connectivity index (χ0v) is 15.7. The molecule has 0 spiro atoms. The molecule has 0 aliphatic carbocycles. The van der Waals surface area contributed by atoms with Gasteiger partial charge >= 0.3 is 11.8 Å². The number of amides is 2. The first-order valence-corrected chi connectivity index (χ1v) is 9.09. The van der Waals surface area contributed by atoms with E-state index >= 15 is 0 Å². The molecule has 1 heterocycles. The van der Waals surface area contributed by atoms with E-state index in [1.54, 1.807) is 29.1 Å². The average Bonchev–Trinajstić information content (AvgIpc) is 3.15. The van der Waals surface area contributed by atoms with E-state index < -0.39 is 29.5 Å². The van der Waals surface area contributed by atoms with Gasteiger partial charge in [-0.3, -0.25) is 14.3 Å². The van der Waals surface area contributed by atoms with Crippen LogP contribution in [0.25, 0.3) is 0 Å². The van der Waals surface area contributed by atoms with Gasteiger partial charge in [0.25, 0.3) is 0 Å². The number of nitrogens with zero attached hydrogens (tertiary/aromatic N) is 2. The number of hydrogen-bond donors (Lipinski definition) is 2. The molecule has 3 aromatic rings. The van der Waals surface area contributed by atoms with Crippen LogP contribution in [0.5, 0.6) is 0 Å². The predicted molar refractivity (Wildman–Crippen MR) is 104 cm³/mol. The Balaban J connectivity index is 1.76. The van der Waals surface area contributed by atoms with Crippen LogP contribution in [-0.4, -0.2) is 21.6 Å². The Kier molecular flexibility index (Phi) is 6.33. The third-order valence-electron chi connectivity index (χ3n) is 4.31. The third-order valence-corrected chi connectivity index (χ3v) is 4.31. The van der Waals surface area contributed by atoms with Gasteiger partial charge in [-0.25, -0.2) is 8.78 Å². The van der Waals surface area contributed by atoms with E-state index in [1.807, 2.05) is 6.92 Å². The second kappa shape index (κ2) is 9.09. The van der Waals surface area contributed by atoms with E-state index in [-0.39, 0.29) is 6.42 Å². The monoisotopic (exact) mass is 398 g/mol. The maximum absolute atomic E-state index is 13.7. The van der Waals surface area contributed by atoms with E-state index in [0.717, 1.165) is 0 Å². The van der Waals surface area contributed by atoms with Crippen molar-refractivity contribution < 1.29 is 18.4 Å². The van der Waals surface area contributed by atoms with Gasteiger partial charge in [-0.2, -0.15) is 5.10 Å². The van der Waals surface area contributed by atoms with Crippen molar-refractivity contribution in [2.24, 2.45) is 0 Å². The van der Waals surface area contributed by atoms with Crippen LogP contribution >= 0.6 is 0 Å². The minimum absolute atomic E-state index is 0.188. The molecule has 1 atom stereocenters. The van der Waals surface area contributed by atoms with Gasteiger partial charge in [0.1, 0.15) is 11.6 Å². The summed E-state index contributed by atoms with van der Waals surface area (Å²) < 4.78 is 28.8. The molecule has 0 unspecified atom stereocenters. The lowest BCUT2D eigenvalue weighted by Crippen LogP contribution is -2.38. The standard InChI is InChI=1S/C21H20F2N4O2/c1-2-27-13-18(12-24-27)25-20(28)21(29)26-19(15-6-4-8-17(23)11-15)10-14-5-3-7-16(22)9-14/h3-9,11-13,19H,2,10H2,1H3,(H,25,28)(H,26,29)/t19-/m1/s1. The first kappa shape index (κ1) is 20.2. The lowest BCUT2D eigenvalue weighted by molar-refractivity contribution is -0.136. The fourth-order valence-electron chi connectivity index (χ4n) is 2.89. The van der Waals surface area contributed by atoms with Crippen LogP contribution in [-0.2, 0) is 22.6 Å². The van der Waals surface area contributed by atoms with Gasteiger partial charge < -0.3 is 10.6 Å². The van der Waals surface area contributed by atoms with Gasteiger partial charge in [-0.1, -0.05) is 24.3 Å². The highest BCUT2D eigenvalue weighted by molar-refractivity contribution is 6.39. The Hall–Kier alpha value is -3.55. The van der Waals surface area contributed by atoms with Crippen LogP contribution in [0.4, 0.5) is 14.5 Å². The highest BCUT2D eigenvalue weighted by Gasteiger charge is 2.21. The normalized spacial score (nSPS) is 11.7. The first-order chi connectivity index (χ1) is 13.9. The number of benzene rings is 2. The Morgan fingerprint density at radius 3 is 2.45 bits per heavy atom. The molecule has 2 amide bonds. The zero-order valence-electron chi connectivity index (χ0n) is 15.7. The Morgan fingerprint density at radius 2 is 1.79 bits per heavy atom. The molecule has 0 aliphatic rings. The molecule has 3 rings (SSSR count). The summed E-state index contributed by atoms with van der Waals surface area (Å²) in [6.45, 7) is 2.51. The number of carbonyl (C=O) groups excluding carboxylic acids is 2. The molecule has 0 bridgehead atoms. The van der Waals surface area contributed by atoms with Crippen molar-refractivity contribution in [1.82, 2.24) is 15.1 Å². The molecule has 29 heavy (non-hydrogen) atoms. The minimum atomic E-state index is -0.889. The number of aryl methyl sites for hydroxylation is 1. The summed E-state index contributed by atoms with van der Waals surface area (Å²) in [5.41, 5.74) is 1.46. The lowest BCUT2D eigenvalue weighted by Gasteiger charge is -2.19. The minimum Gasteiger partial charge on any atom is -0.341 e. The maximum Gasteiger partial charge on any atom is 0.313 e. The van der Waals surface area contributed by atoms with E-state index in [0.29, 0.717) is 23.4 Å². The van der Waals surface area contributed by atoms with Crippen LogP contribution in [0, 0.1) is 11.6 Å². The van der Waals surface area contributed by atoms with E-state index in [4.69, 9.17) is 0 Å². The highest BCUT2D eigenvalue weighted by atomic mass is 19.1. The molecule has 0 saturated heterocycles. The van der Waals surface area contributed by atoms with Crippen LogP contribution < -0.4 is 10.6 Å². The van der Waals surface area contributed by atoms with Crippen LogP contribution in [0.15, 0.2) is 60.9 Å². The van der Waals surface area contributed by atoms with Crippen LogP contribution in [0.1, 0.15) is 24.1 Å². The second-order valence-electron chi connectivity index (χ2n) is 6.45. The smallest absolute Gasteiger partial charge is 0.313 e. The van der Waals surface area contributed by atoms with Crippen molar-refractivity contribution in [2.45, 2.75) is 25.9 Å². The number of rotatable bonds is 6. The van der Waals surface area contributed by atoms with E-state index in [9.17, 15) is 18.4 Å². The summed E-state index contributed by atoms with van der Waals surface area (Å²) in [7, 11) is 0. The summed E-state index contributed by atoms with van der Waals surface area (Å²) in [6.07, 6.45) is 3.22. The predicted octanol–water partition coefficient (Wildman–Crippen LogP) is 3.22. The van der Waals surface area contributed by atoms with E-state index in [2.05, 4.69) is 15.7 Å². The van der Waals surface area contributed by atoms with Crippen molar-refractivity contribution in [2.75, 3.05) is 5.32 Å². The fourth-order valence-corrected chi connectivity index (χ4v) is 2.89. The molecule has 1 aromatic heterocycles. The number of hydrogen-bond acceptors (Lipinski definition) is 3. The largest absolute Gasteiger partial charge is 0.341 e.